The van der Waals surface area contributed by atoms with Crippen LogP contribution in [0.4, 0.5) is 0 Å². The van der Waals surface area contributed by atoms with Crippen LogP contribution >= 0.6 is 0 Å². The first-order valence-corrected chi connectivity index (χ1v) is 9.45. The van der Waals surface area contributed by atoms with Crippen molar-refractivity contribution in [2.45, 2.75) is 40.0 Å². The zero-order chi connectivity index (χ0) is 19.2. The molecular formula is C25H26O2. The van der Waals surface area contributed by atoms with Gasteiger partial charge >= 0.3 is 0 Å². The lowest BCUT2D eigenvalue weighted by molar-refractivity contribution is 0.615. The van der Waals surface area contributed by atoms with Crippen LogP contribution in [0.2, 0.25) is 0 Å². The Bertz CT molecular complexity index is 1030. The summed E-state index contributed by atoms with van der Waals surface area (Å²) in [7, 11) is 0. The Labute approximate surface area is 160 Å². The van der Waals surface area contributed by atoms with Gasteiger partial charge in [0.25, 0.3) is 0 Å². The first-order valence-electron chi connectivity index (χ1n) is 9.45. The van der Waals surface area contributed by atoms with Gasteiger partial charge in [-0.3, -0.25) is 4.79 Å². The third-order valence-corrected chi connectivity index (χ3v) is 4.66. The Kier molecular flexibility index (Phi) is 6.08. The lowest BCUT2D eigenvalue weighted by Gasteiger charge is -2.07. The fourth-order valence-electron chi connectivity index (χ4n) is 3.12. The van der Waals surface area contributed by atoms with Gasteiger partial charge in [-0.1, -0.05) is 65.8 Å². The van der Waals surface area contributed by atoms with E-state index in [0.717, 1.165) is 30.4 Å². The average Bonchev–Trinajstić information content (AvgIpc) is 2.67. The van der Waals surface area contributed by atoms with Crippen molar-refractivity contribution in [3.63, 3.8) is 0 Å². The van der Waals surface area contributed by atoms with E-state index in [9.17, 15) is 4.79 Å². The second kappa shape index (κ2) is 8.68. The van der Waals surface area contributed by atoms with Gasteiger partial charge in [0, 0.05) is 11.6 Å². The summed E-state index contributed by atoms with van der Waals surface area (Å²) < 4.78 is 6.17. The van der Waals surface area contributed by atoms with Crippen molar-refractivity contribution in [2.75, 3.05) is 0 Å². The molecule has 0 N–H and O–H groups in total. The molecule has 2 aromatic carbocycles. The van der Waals surface area contributed by atoms with Crippen molar-refractivity contribution in [1.29, 1.82) is 0 Å². The molecule has 0 unspecified atom stereocenters. The molecular weight excluding hydrogens is 332 g/mol. The quantitative estimate of drug-likeness (QED) is 0.459. The minimum absolute atomic E-state index is 0.00112. The highest BCUT2D eigenvalue weighted by Gasteiger charge is 2.09. The van der Waals surface area contributed by atoms with Gasteiger partial charge in [-0.15, -0.1) is 0 Å². The molecule has 0 aliphatic carbocycles. The molecule has 0 fully saturated rings. The summed E-state index contributed by atoms with van der Waals surface area (Å²) in [6.45, 7) is 6.42. The summed E-state index contributed by atoms with van der Waals surface area (Å²) in [5.41, 5.74) is 5.36. The molecule has 0 saturated carbocycles. The van der Waals surface area contributed by atoms with Crippen molar-refractivity contribution in [2.24, 2.45) is 0 Å². The minimum atomic E-state index is 0.00112. The Morgan fingerprint density at radius 1 is 0.963 bits per heavy atom. The molecule has 0 radical (unpaired) electrons. The maximum Gasteiger partial charge on any atom is 0.193 e. The van der Waals surface area contributed by atoms with Gasteiger partial charge in [0.05, 0.1) is 5.39 Å². The molecule has 0 atom stereocenters. The molecule has 3 rings (SSSR count). The maximum atomic E-state index is 12.6. The predicted molar refractivity (Wildman–Crippen MR) is 114 cm³/mol. The molecule has 2 nitrogen and oxygen atoms in total. The first kappa shape index (κ1) is 18.9. The molecule has 3 aromatic rings. The highest BCUT2D eigenvalue weighted by molar-refractivity contribution is 5.81. The van der Waals surface area contributed by atoms with Gasteiger partial charge in [-0.25, -0.2) is 0 Å². The number of hydrogen-bond donors (Lipinski definition) is 0. The van der Waals surface area contributed by atoms with Crippen LogP contribution in [0.25, 0.3) is 22.3 Å². The summed E-state index contributed by atoms with van der Waals surface area (Å²) in [5, 5.41) is 0.641. The van der Waals surface area contributed by atoms with E-state index in [2.05, 4.69) is 32.9 Å². The van der Waals surface area contributed by atoms with Crippen LogP contribution in [-0.2, 0) is 6.42 Å². The summed E-state index contributed by atoms with van der Waals surface area (Å²) in [4.78, 5) is 12.6. The predicted octanol–water partition coefficient (Wildman–Crippen LogP) is 6.70. The molecule has 2 heteroatoms. The Hall–Kier alpha value is -2.87. The van der Waals surface area contributed by atoms with Gasteiger partial charge in [-0.2, -0.15) is 0 Å². The summed E-state index contributed by atoms with van der Waals surface area (Å²) in [5.74, 6) is 0.616. The number of fused-ring (bicyclic) bond motifs is 1. The summed E-state index contributed by atoms with van der Waals surface area (Å²) in [6, 6.07) is 17.2. The first-order chi connectivity index (χ1) is 13.0. The smallest absolute Gasteiger partial charge is 0.193 e. The van der Waals surface area contributed by atoms with Crippen molar-refractivity contribution >= 4 is 11.0 Å². The standard InChI is InChI=1S/C25H26O2/c1-18(2)9-7-10-19(3)15-16-21-13-8-14-22-23(26)17-24(27-25(21)22)20-11-5-4-6-12-20/h4-6,8-9,11-15,17H,7,10,16H2,1-3H3/b19-15+. The van der Waals surface area contributed by atoms with Crippen molar-refractivity contribution in [3.8, 4) is 11.3 Å². The maximum absolute atomic E-state index is 12.6. The van der Waals surface area contributed by atoms with Gasteiger partial charge in [0.2, 0.25) is 0 Å². The fraction of sp³-hybridized carbons (Fsp3) is 0.240. The van der Waals surface area contributed by atoms with E-state index in [4.69, 9.17) is 4.42 Å². The van der Waals surface area contributed by atoms with Crippen LogP contribution in [0.1, 0.15) is 39.2 Å². The Balaban J connectivity index is 1.93. The van der Waals surface area contributed by atoms with Crippen LogP contribution in [-0.4, -0.2) is 0 Å². The largest absolute Gasteiger partial charge is 0.456 e. The third kappa shape index (κ3) is 4.85. The van der Waals surface area contributed by atoms with E-state index in [0.29, 0.717) is 16.7 Å². The summed E-state index contributed by atoms with van der Waals surface area (Å²) in [6.07, 6.45) is 7.38. The van der Waals surface area contributed by atoms with Crippen LogP contribution in [0.5, 0.6) is 0 Å². The van der Waals surface area contributed by atoms with E-state index in [1.54, 1.807) is 6.07 Å². The zero-order valence-electron chi connectivity index (χ0n) is 16.3. The van der Waals surface area contributed by atoms with E-state index < -0.39 is 0 Å². The van der Waals surface area contributed by atoms with Crippen LogP contribution < -0.4 is 5.43 Å². The number of benzene rings is 2. The van der Waals surface area contributed by atoms with Gasteiger partial charge in [-0.05, 0) is 51.7 Å². The molecule has 0 amide bonds. The number of hydrogen-bond acceptors (Lipinski definition) is 2. The van der Waals surface area contributed by atoms with Crippen LogP contribution in [0, 0.1) is 0 Å². The van der Waals surface area contributed by atoms with Crippen molar-refractivity contribution in [1.82, 2.24) is 0 Å². The minimum Gasteiger partial charge on any atom is -0.456 e. The zero-order valence-corrected chi connectivity index (χ0v) is 16.3. The second-order valence-electron chi connectivity index (χ2n) is 7.21. The van der Waals surface area contributed by atoms with E-state index >= 15 is 0 Å². The van der Waals surface area contributed by atoms with Gasteiger partial charge in [0.15, 0.2) is 5.43 Å². The lowest BCUT2D eigenvalue weighted by atomic mass is 10.0. The van der Waals surface area contributed by atoms with Crippen LogP contribution in [0.3, 0.4) is 0 Å². The number of allylic oxidation sites excluding steroid dienone is 4. The number of para-hydroxylation sites is 1. The Morgan fingerprint density at radius 2 is 1.74 bits per heavy atom. The molecule has 0 aliphatic heterocycles. The topological polar surface area (TPSA) is 30.2 Å². The normalized spacial score (nSPS) is 11.6. The molecule has 27 heavy (non-hydrogen) atoms. The summed E-state index contributed by atoms with van der Waals surface area (Å²) >= 11 is 0. The highest BCUT2D eigenvalue weighted by atomic mass is 16.3. The van der Waals surface area contributed by atoms with Crippen LogP contribution in [0.15, 0.2) is 87.1 Å². The van der Waals surface area contributed by atoms with E-state index in [1.807, 2.05) is 48.5 Å². The third-order valence-electron chi connectivity index (χ3n) is 4.66. The molecule has 1 aromatic heterocycles. The number of rotatable bonds is 6. The fourth-order valence-corrected chi connectivity index (χ4v) is 3.12. The van der Waals surface area contributed by atoms with Crippen molar-refractivity contribution < 1.29 is 4.42 Å². The van der Waals surface area contributed by atoms with Gasteiger partial charge in [0.1, 0.15) is 11.3 Å². The SMILES string of the molecule is CC(C)=CCC/C(C)=C/Cc1cccc2c(=O)cc(-c3ccccc3)oc12. The highest BCUT2D eigenvalue weighted by Crippen LogP contribution is 2.25. The van der Waals surface area contributed by atoms with E-state index in [1.165, 1.54) is 11.1 Å². The second-order valence-corrected chi connectivity index (χ2v) is 7.21. The molecule has 1 heterocycles. The van der Waals surface area contributed by atoms with E-state index in [-0.39, 0.29) is 5.43 Å². The molecule has 0 spiro atoms. The van der Waals surface area contributed by atoms with Crippen molar-refractivity contribution in [3.05, 3.63) is 93.7 Å². The molecule has 0 saturated heterocycles. The average molecular weight is 358 g/mol. The molecule has 138 valence electrons. The molecule has 0 aliphatic rings. The molecule has 0 bridgehead atoms. The lowest BCUT2D eigenvalue weighted by Crippen LogP contribution is -2.02. The Morgan fingerprint density at radius 3 is 2.48 bits per heavy atom. The monoisotopic (exact) mass is 358 g/mol. The van der Waals surface area contributed by atoms with Gasteiger partial charge < -0.3 is 4.42 Å².